The van der Waals surface area contributed by atoms with E-state index in [0.717, 1.165) is 5.69 Å². The van der Waals surface area contributed by atoms with Crippen molar-refractivity contribution in [2.24, 2.45) is 0 Å². The van der Waals surface area contributed by atoms with Crippen molar-refractivity contribution in [1.29, 1.82) is 0 Å². The van der Waals surface area contributed by atoms with Gasteiger partial charge in [-0.05, 0) is 99.7 Å². The molecule has 8 aromatic rings. The Kier molecular flexibility index (Phi) is 7.40. The van der Waals surface area contributed by atoms with Crippen molar-refractivity contribution >= 4 is 57.2 Å². The molecule has 3 heteroatoms. The lowest BCUT2D eigenvalue weighted by atomic mass is 9.33. The molecule has 0 fully saturated rings. The molecular formula is C50H37BN2. The molecule has 0 aliphatic carbocycles. The highest BCUT2D eigenvalue weighted by atomic mass is 15.2. The van der Waals surface area contributed by atoms with Crippen molar-refractivity contribution < 1.29 is 0 Å². The second-order valence-electron chi connectivity index (χ2n) is 14.2. The van der Waals surface area contributed by atoms with Crippen LogP contribution in [0.5, 0.6) is 0 Å². The minimum absolute atomic E-state index is 0.116. The molecule has 53 heavy (non-hydrogen) atoms. The normalized spacial score (nSPS) is 12.9. The van der Waals surface area contributed by atoms with Crippen LogP contribution >= 0.6 is 0 Å². The quantitative estimate of drug-likeness (QED) is 0.128. The van der Waals surface area contributed by atoms with Crippen LogP contribution < -0.4 is 26.2 Å². The van der Waals surface area contributed by atoms with Crippen LogP contribution in [0.25, 0.3) is 0 Å². The highest BCUT2D eigenvalue weighted by Gasteiger charge is 2.43. The van der Waals surface area contributed by atoms with Crippen LogP contribution in [-0.2, 0) is 5.41 Å². The molecule has 0 spiro atoms. The van der Waals surface area contributed by atoms with Gasteiger partial charge in [-0.2, -0.15) is 0 Å². The Hall–Kier alpha value is -6.58. The molecule has 250 valence electrons. The zero-order valence-electron chi connectivity index (χ0n) is 29.6. The van der Waals surface area contributed by atoms with E-state index in [0.29, 0.717) is 0 Å². The van der Waals surface area contributed by atoms with E-state index in [4.69, 9.17) is 0 Å². The Morgan fingerprint density at radius 2 is 0.717 bits per heavy atom. The molecule has 2 heterocycles. The summed E-state index contributed by atoms with van der Waals surface area (Å²) in [6.07, 6.45) is 0. The number of fused-ring (bicyclic) bond motifs is 4. The van der Waals surface area contributed by atoms with E-state index in [1.54, 1.807) is 0 Å². The van der Waals surface area contributed by atoms with Crippen molar-refractivity contribution in [2.45, 2.75) is 12.3 Å². The maximum atomic E-state index is 2.49. The van der Waals surface area contributed by atoms with Gasteiger partial charge >= 0.3 is 0 Å². The monoisotopic (exact) mass is 676 g/mol. The van der Waals surface area contributed by atoms with Crippen molar-refractivity contribution in [3.8, 4) is 0 Å². The van der Waals surface area contributed by atoms with Gasteiger partial charge in [0.2, 0.25) is 0 Å². The molecule has 2 aliphatic rings. The number of anilines is 6. The molecule has 10 rings (SSSR count). The van der Waals surface area contributed by atoms with Crippen LogP contribution in [0.15, 0.2) is 206 Å². The predicted octanol–water partition coefficient (Wildman–Crippen LogP) is 10.5. The SMILES string of the molecule is Cc1cc2c3c(c1)N(c1ccc(C(c4ccccc4)(c4ccccc4)c4ccccc4)cc1)c1ccccc1B3c1ccccc1N2c1ccccc1. The fourth-order valence-corrected chi connectivity index (χ4v) is 9.09. The van der Waals surface area contributed by atoms with E-state index in [1.165, 1.54) is 72.6 Å². The van der Waals surface area contributed by atoms with E-state index in [2.05, 4.69) is 223 Å². The number of aryl methyl sites for hydroxylation is 1. The Balaban J connectivity index is 1.20. The number of hydrogen-bond donors (Lipinski definition) is 0. The molecule has 0 aromatic heterocycles. The van der Waals surface area contributed by atoms with E-state index >= 15 is 0 Å². The summed E-state index contributed by atoms with van der Waals surface area (Å²) in [7, 11) is 0. The van der Waals surface area contributed by atoms with Crippen molar-refractivity contribution in [2.75, 3.05) is 9.80 Å². The van der Waals surface area contributed by atoms with Gasteiger partial charge in [0.25, 0.3) is 6.71 Å². The average molecular weight is 677 g/mol. The summed E-state index contributed by atoms with van der Waals surface area (Å²) in [6.45, 7) is 2.34. The third-order valence-corrected chi connectivity index (χ3v) is 11.2. The van der Waals surface area contributed by atoms with E-state index in [1.807, 2.05) is 0 Å². The molecule has 0 atom stereocenters. The Labute approximate surface area is 312 Å². The smallest absolute Gasteiger partial charge is 0.252 e. The first-order chi connectivity index (χ1) is 26.2. The third kappa shape index (κ3) is 4.81. The van der Waals surface area contributed by atoms with Crippen LogP contribution in [0.3, 0.4) is 0 Å². The Morgan fingerprint density at radius 3 is 1.17 bits per heavy atom. The summed E-state index contributed by atoms with van der Waals surface area (Å²) in [5.41, 5.74) is 16.9. The minimum Gasteiger partial charge on any atom is -0.311 e. The number of para-hydroxylation sites is 3. The molecule has 2 aliphatic heterocycles. The van der Waals surface area contributed by atoms with Crippen LogP contribution in [-0.4, -0.2) is 6.71 Å². The maximum absolute atomic E-state index is 2.49. The summed E-state index contributed by atoms with van der Waals surface area (Å²) in [6, 6.07) is 75.7. The van der Waals surface area contributed by atoms with E-state index in [-0.39, 0.29) is 6.71 Å². The lowest BCUT2D eigenvalue weighted by Crippen LogP contribution is -2.61. The number of benzene rings is 8. The number of nitrogens with zero attached hydrogens (tertiary/aromatic N) is 2. The van der Waals surface area contributed by atoms with Crippen LogP contribution in [0.1, 0.15) is 27.8 Å². The van der Waals surface area contributed by atoms with Crippen LogP contribution in [0, 0.1) is 6.92 Å². The first-order valence-electron chi connectivity index (χ1n) is 18.5. The van der Waals surface area contributed by atoms with E-state index in [9.17, 15) is 0 Å². The Bertz CT molecular complexity index is 2470. The van der Waals surface area contributed by atoms with Crippen molar-refractivity contribution in [3.05, 3.63) is 234 Å². The summed E-state index contributed by atoms with van der Waals surface area (Å²) in [5.74, 6) is 0. The van der Waals surface area contributed by atoms with E-state index < -0.39 is 5.41 Å². The lowest BCUT2D eigenvalue weighted by Gasteiger charge is -2.44. The summed E-state index contributed by atoms with van der Waals surface area (Å²) >= 11 is 0. The van der Waals surface area contributed by atoms with Crippen molar-refractivity contribution in [3.63, 3.8) is 0 Å². The number of rotatable bonds is 6. The van der Waals surface area contributed by atoms with Gasteiger partial charge in [-0.3, -0.25) is 0 Å². The topological polar surface area (TPSA) is 6.48 Å². The molecule has 0 unspecified atom stereocenters. The van der Waals surface area contributed by atoms with Gasteiger partial charge in [-0.15, -0.1) is 0 Å². The molecule has 0 amide bonds. The molecule has 0 bridgehead atoms. The van der Waals surface area contributed by atoms with Crippen LogP contribution in [0.2, 0.25) is 0 Å². The molecule has 0 radical (unpaired) electrons. The molecular weight excluding hydrogens is 639 g/mol. The van der Waals surface area contributed by atoms with Gasteiger partial charge in [0.1, 0.15) is 0 Å². The second kappa shape index (κ2) is 12.6. The zero-order valence-corrected chi connectivity index (χ0v) is 29.6. The van der Waals surface area contributed by atoms with Gasteiger partial charge in [0.05, 0.1) is 5.41 Å². The highest BCUT2D eigenvalue weighted by molar-refractivity contribution is 7.00. The van der Waals surface area contributed by atoms with Crippen LogP contribution in [0.4, 0.5) is 34.1 Å². The predicted molar refractivity (Wildman–Crippen MR) is 224 cm³/mol. The fourth-order valence-electron chi connectivity index (χ4n) is 9.09. The highest BCUT2D eigenvalue weighted by Crippen LogP contribution is 2.48. The summed E-state index contributed by atoms with van der Waals surface area (Å²) in [5, 5.41) is 0. The second-order valence-corrected chi connectivity index (χ2v) is 14.2. The van der Waals surface area contributed by atoms with Gasteiger partial charge < -0.3 is 9.80 Å². The Morgan fingerprint density at radius 1 is 0.358 bits per heavy atom. The standard InChI is InChI=1S/C50H37BN2/c1-36-34-47-49-48(35-36)53(46-29-17-15-27-44(46)51(49)43-26-14-16-28-45(43)52(47)41-24-12-5-13-25-41)42-32-30-40(31-33-42)50(37-18-6-2-7-19-37,38-20-8-3-9-21-38)39-22-10-4-11-23-39/h2-35H,1H3. The largest absolute Gasteiger partial charge is 0.311 e. The number of hydrogen-bond acceptors (Lipinski definition) is 2. The van der Waals surface area contributed by atoms with Gasteiger partial charge in [-0.25, -0.2) is 0 Å². The average Bonchev–Trinajstić information content (AvgIpc) is 3.23. The fraction of sp³-hybridized carbons (Fsp3) is 0.0400. The first kappa shape index (κ1) is 31.2. The zero-order chi connectivity index (χ0) is 35.4. The first-order valence-corrected chi connectivity index (χ1v) is 18.5. The minimum atomic E-state index is -0.504. The lowest BCUT2D eigenvalue weighted by molar-refractivity contribution is 0.745. The van der Waals surface area contributed by atoms with Gasteiger partial charge in [0.15, 0.2) is 0 Å². The van der Waals surface area contributed by atoms with Gasteiger partial charge in [0, 0.05) is 34.1 Å². The molecule has 0 saturated carbocycles. The molecule has 0 saturated heterocycles. The maximum Gasteiger partial charge on any atom is 0.252 e. The summed E-state index contributed by atoms with van der Waals surface area (Å²) in [4.78, 5) is 4.95. The molecule has 8 aromatic carbocycles. The third-order valence-electron chi connectivity index (χ3n) is 11.2. The molecule has 2 nitrogen and oxygen atoms in total. The molecule has 0 N–H and O–H groups in total. The summed E-state index contributed by atoms with van der Waals surface area (Å²) < 4.78 is 0. The van der Waals surface area contributed by atoms with Crippen molar-refractivity contribution in [1.82, 2.24) is 0 Å². The van der Waals surface area contributed by atoms with Gasteiger partial charge in [-0.1, -0.05) is 158 Å².